The van der Waals surface area contributed by atoms with Crippen LogP contribution in [-0.2, 0) is 19.4 Å². The van der Waals surface area contributed by atoms with Crippen molar-refractivity contribution in [1.29, 1.82) is 0 Å². The van der Waals surface area contributed by atoms with Crippen molar-refractivity contribution in [2.24, 2.45) is 35.5 Å². The molecule has 0 aliphatic heterocycles. The average Bonchev–Trinajstić information content (AvgIpc) is 2.94. The Morgan fingerprint density at radius 1 is 0.630 bits per heavy atom. The van der Waals surface area contributed by atoms with Crippen molar-refractivity contribution in [3.63, 3.8) is 0 Å². The second-order valence-corrected chi connectivity index (χ2v) is 22.3. The van der Waals surface area contributed by atoms with E-state index in [0.717, 1.165) is 12.5 Å². The van der Waals surface area contributed by atoms with E-state index < -0.39 is 17.5 Å². The highest BCUT2D eigenvalue weighted by Crippen LogP contribution is 2.41. The zero-order valence-electron chi connectivity index (χ0n) is 39.7. The van der Waals surface area contributed by atoms with E-state index in [1.807, 2.05) is 69.2 Å². The van der Waals surface area contributed by atoms with Gasteiger partial charge in [0, 0.05) is 41.7 Å². The minimum Gasteiger partial charge on any atom is -0.354 e. The third-order valence-electron chi connectivity index (χ3n) is 5.98. The van der Waals surface area contributed by atoms with Crippen molar-refractivity contribution in [2.45, 2.75) is 201 Å². The van der Waals surface area contributed by atoms with Gasteiger partial charge in [-0.2, -0.15) is 0 Å². The second kappa shape index (κ2) is 36.3. The van der Waals surface area contributed by atoms with Crippen LogP contribution in [0.25, 0.3) is 0 Å². The Morgan fingerprint density at radius 2 is 1.04 bits per heavy atom. The molecule has 12 heteroatoms. The number of hydrogen-bond acceptors (Lipinski definition) is 5. The Labute approximate surface area is 337 Å². The van der Waals surface area contributed by atoms with E-state index in [4.69, 9.17) is 0 Å². The highest BCUT2D eigenvalue weighted by molar-refractivity contribution is 7.90. The number of carbonyl (C=O) groups is 1. The summed E-state index contributed by atoms with van der Waals surface area (Å²) in [6.07, 6.45) is 6.14. The molecule has 0 aliphatic rings. The Morgan fingerprint density at radius 3 is 1.15 bits per heavy atom. The van der Waals surface area contributed by atoms with Gasteiger partial charge in [0.1, 0.15) is 0 Å². The molecular formula is C42H94FN4O5PS. The second-order valence-electron chi connectivity index (χ2n) is 17.5. The zero-order chi connectivity index (χ0) is 44.7. The fraction of sp³-hybridized carbons (Fsp3) is 0.881. The smallest absolute Gasteiger partial charge is 0.269 e. The molecule has 0 bridgehead atoms. The van der Waals surface area contributed by atoms with Gasteiger partial charge >= 0.3 is 0 Å². The van der Waals surface area contributed by atoms with Crippen molar-refractivity contribution in [3.8, 4) is 0 Å². The average molecular weight is 817 g/mol. The van der Waals surface area contributed by atoms with E-state index in [1.165, 1.54) is 0 Å². The number of allylic oxidation sites excluding steroid dienone is 4. The SMILES string of the molecule is CC(C)/C=C(\F)C(C)C.CC(C)/C=C/C(C)C.CC(C)CNC(C)C.CC(C)NC(=O)C(C)C.CC(C)NP(=O)(O)C(C)C.CC(C)NS(=O)(=O)C(C)C. The Hall–Kier alpha value is -1.10. The van der Waals surface area contributed by atoms with Gasteiger partial charge < -0.3 is 15.5 Å². The minimum absolute atomic E-state index is 0.00463. The molecule has 54 heavy (non-hydrogen) atoms. The maximum Gasteiger partial charge on any atom is 0.269 e. The van der Waals surface area contributed by atoms with Gasteiger partial charge in [-0.05, 0) is 85.6 Å². The van der Waals surface area contributed by atoms with E-state index in [-0.39, 0.29) is 52.6 Å². The van der Waals surface area contributed by atoms with Crippen LogP contribution in [0, 0.1) is 35.5 Å². The van der Waals surface area contributed by atoms with Gasteiger partial charge in [0.05, 0.1) is 11.1 Å². The molecular weight excluding hydrogens is 723 g/mol. The molecule has 1 unspecified atom stereocenters. The van der Waals surface area contributed by atoms with Gasteiger partial charge in [-0.15, -0.1) is 0 Å². The lowest BCUT2D eigenvalue weighted by atomic mass is 10.1. The van der Waals surface area contributed by atoms with Crippen molar-refractivity contribution in [2.75, 3.05) is 6.54 Å². The first kappa shape index (κ1) is 64.8. The molecule has 330 valence electrons. The van der Waals surface area contributed by atoms with Gasteiger partial charge in [-0.3, -0.25) is 9.36 Å². The van der Waals surface area contributed by atoms with Crippen LogP contribution in [-0.4, -0.2) is 60.8 Å². The quantitative estimate of drug-likeness (QED) is 0.0820. The fourth-order valence-corrected chi connectivity index (χ4v) is 4.83. The Bertz CT molecular complexity index is 1070. The molecule has 9 nitrogen and oxygen atoms in total. The van der Waals surface area contributed by atoms with Gasteiger partial charge in [0.2, 0.25) is 15.9 Å². The summed E-state index contributed by atoms with van der Waals surface area (Å²) in [5.41, 5.74) is -0.199. The van der Waals surface area contributed by atoms with E-state index in [2.05, 4.69) is 88.0 Å². The normalized spacial score (nSPS) is 13.2. The van der Waals surface area contributed by atoms with Crippen LogP contribution in [0.2, 0.25) is 0 Å². The number of carbonyl (C=O) groups excluding carboxylic acids is 1. The predicted octanol–water partition coefficient (Wildman–Crippen LogP) is 11.1. The topological polar surface area (TPSA) is 137 Å². The van der Waals surface area contributed by atoms with E-state index in [1.54, 1.807) is 47.6 Å². The lowest BCUT2D eigenvalue weighted by Gasteiger charge is -2.18. The van der Waals surface area contributed by atoms with Gasteiger partial charge in [-0.25, -0.2) is 22.6 Å². The van der Waals surface area contributed by atoms with Crippen molar-refractivity contribution < 1.29 is 27.1 Å². The summed E-state index contributed by atoms with van der Waals surface area (Å²) in [6.45, 7) is 48.1. The summed E-state index contributed by atoms with van der Waals surface area (Å²) in [4.78, 5) is 20.0. The Kier molecular flexibility index (Phi) is 43.5. The number of sulfonamides is 1. The van der Waals surface area contributed by atoms with Crippen LogP contribution in [0.1, 0.15) is 166 Å². The van der Waals surface area contributed by atoms with Crippen LogP contribution in [0.5, 0.6) is 0 Å². The van der Waals surface area contributed by atoms with Crippen LogP contribution in [0.15, 0.2) is 24.1 Å². The number of halogens is 1. The van der Waals surface area contributed by atoms with Crippen molar-refractivity contribution >= 4 is 23.5 Å². The van der Waals surface area contributed by atoms with Crippen LogP contribution in [0.4, 0.5) is 4.39 Å². The molecule has 0 spiro atoms. The maximum absolute atomic E-state index is 12.6. The molecule has 0 heterocycles. The van der Waals surface area contributed by atoms with Gasteiger partial charge in [-0.1, -0.05) is 129 Å². The van der Waals surface area contributed by atoms with Gasteiger partial charge in [0.25, 0.3) is 7.52 Å². The van der Waals surface area contributed by atoms with Gasteiger partial charge in [0.15, 0.2) is 0 Å². The third-order valence-corrected chi connectivity index (χ3v) is 10.3. The zero-order valence-corrected chi connectivity index (χ0v) is 41.4. The first-order chi connectivity index (χ1) is 24.0. The van der Waals surface area contributed by atoms with Crippen LogP contribution >= 0.6 is 7.52 Å². The van der Waals surface area contributed by atoms with E-state index in [0.29, 0.717) is 23.8 Å². The molecule has 0 fully saturated rings. The largest absolute Gasteiger partial charge is 0.354 e. The molecule has 0 radical (unpaired) electrons. The monoisotopic (exact) mass is 817 g/mol. The number of nitrogens with one attached hydrogen (secondary N) is 4. The van der Waals surface area contributed by atoms with Crippen LogP contribution < -0.4 is 20.4 Å². The maximum atomic E-state index is 12.6. The summed E-state index contributed by atoms with van der Waals surface area (Å²) >= 11 is 0. The highest BCUT2D eigenvalue weighted by Gasteiger charge is 2.23. The number of amides is 1. The molecule has 5 N–H and O–H groups in total. The molecule has 1 atom stereocenters. The van der Waals surface area contributed by atoms with E-state index >= 15 is 0 Å². The lowest BCUT2D eigenvalue weighted by molar-refractivity contribution is -0.124. The first-order valence-corrected chi connectivity index (χ1v) is 23.5. The third kappa shape index (κ3) is 57.6. The standard InChI is InChI=1S/C8H15F.C8H16.C7H15NO.C7H17N.C6H16NO2P.C6H15NO2S/c1-6(2)5-8(9)7(3)4;1-7(2)5-6-8(3)4;1-5(2)7(9)8-6(3)4;1-6(2)5-8-7(3)4;2*1-5(2)7-10(8,9)6(3)4/h5-7H,1-4H3;5-8H,1-4H3;5-6H,1-4H3,(H,8,9);6-8H,5H2,1-4H3;5-6H,1-4H3,(H2,7,8,9);5-7H,1-4H3/b8-5-;6-5+;;;;. The Balaban J connectivity index is -0.000000128. The van der Waals surface area contributed by atoms with Crippen LogP contribution in [0.3, 0.4) is 0 Å². The van der Waals surface area contributed by atoms with Crippen molar-refractivity contribution in [1.82, 2.24) is 20.4 Å². The minimum atomic E-state index is -3.07. The molecule has 0 rings (SSSR count). The molecule has 0 aromatic heterocycles. The summed E-state index contributed by atoms with van der Waals surface area (Å²) in [5.74, 6) is 2.80. The summed E-state index contributed by atoms with van der Waals surface area (Å²) in [6, 6.07) is 0.961. The fourth-order valence-electron chi connectivity index (χ4n) is 2.86. The van der Waals surface area contributed by atoms with Crippen molar-refractivity contribution in [3.05, 3.63) is 24.1 Å². The summed E-state index contributed by atoms with van der Waals surface area (Å²) in [7, 11) is -6.12. The highest BCUT2D eigenvalue weighted by atomic mass is 32.2. The molecule has 0 saturated carbocycles. The van der Waals surface area contributed by atoms with E-state index in [9.17, 15) is 27.1 Å². The summed E-state index contributed by atoms with van der Waals surface area (Å²) in [5, 5.41) is 8.44. The summed E-state index contributed by atoms with van der Waals surface area (Å²) < 4.78 is 48.4. The molecule has 1 amide bonds. The predicted molar refractivity (Wildman–Crippen MR) is 239 cm³/mol. The molecule has 0 aromatic rings. The first-order valence-electron chi connectivity index (χ1n) is 20.3. The lowest BCUT2D eigenvalue weighted by Crippen LogP contribution is -2.35. The number of hydrogen-bond donors (Lipinski definition) is 5. The molecule has 0 aliphatic carbocycles. The number of rotatable bonds is 15. The molecule has 0 aromatic carbocycles. The molecule has 0 saturated heterocycles.